The molecule has 5 nitrogen and oxygen atoms in total. The lowest BCUT2D eigenvalue weighted by molar-refractivity contribution is 0.249. The van der Waals surface area contributed by atoms with Gasteiger partial charge in [0.2, 0.25) is 0 Å². The summed E-state index contributed by atoms with van der Waals surface area (Å²) in [4.78, 5) is 16.2. The monoisotopic (exact) mass is 361 g/mol. The summed E-state index contributed by atoms with van der Waals surface area (Å²) in [6.45, 7) is 2.51. The van der Waals surface area contributed by atoms with Gasteiger partial charge in [0.1, 0.15) is 5.75 Å². The van der Waals surface area contributed by atoms with E-state index >= 15 is 0 Å². The molecule has 2 amide bonds. The van der Waals surface area contributed by atoms with E-state index < -0.39 is 0 Å². The van der Waals surface area contributed by atoms with E-state index in [-0.39, 0.29) is 12.1 Å². The number of carbonyl (C=O) groups excluding carboxylic acids is 1. The molecule has 2 N–H and O–H groups in total. The number of hydrogen-bond donors (Lipinski definition) is 2. The maximum atomic E-state index is 12.2. The maximum Gasteiger partial charge on any atom is 0.319 e. The minimum atomic E-state index is -0.263. The molecule has 0 aliphatic heterocycles. The highest BCUT2D eigenvalue weighted by Gasteiger charge is 2.09. The molecular weight excluding hydrogens is 338 g/mol. The zero-order valence-corrected chi connectivity index (χ0v) is 15.3. The molecule has 0 saturated heterocycles. The molecule has 3 aromatic rings. The van der Waals surface area contributed by atoms with E-state index in [1.54, 1.807) is 12.4 Å². The number of nitrogens with one attached hydrogen (secondary N) is 2. The fourth-order valence-corrected chi connectivity index (χ4v) is 2.69. The second-order valence-electron chi connectivity index (χ2n) is 6.21. The SMILES string of the molecule is CC(NC(=O)Nc1cccc(OCCc2ccccc2)c1)c1ccncc1. The molecule has 138 valence electrons. The Bertz CT molecular complexity index is 854. The zero-order chi connectivity index (χ0) is 18.9. The van der Waals surface area contributed by atoms with Crippen molar-refractivity contribution in [2.24, 2.45) is 0 Å². The number of hydrogen-bond acceptors (Lipinski definition) is 3. The van der Waals surface area contributed by atoms with Gasteiger partial charge in [0.05, 0.1) is 12.6 Å². The minimum Gasteiger partial charge on any atom is -0.493 e. The molecule has 1 atom stereocenters. The first kappa shape index (κ1) is 18.5. The van der Waals surface area contributed by atoms with Crippen molar-refractivity contribution >= 4 is 11.7 Å². The molecule has 3 rings (SSSR count). The Morgan fingerprint density at radius 3 is 2.59 bits per heavy atom. The number of amides is 2. The minimum absolute atomic E-state index is 0.113. The molecule has 0 radical (unpaired) electrons. The predicted octanol–water partition coefficient (Wildman–Crippen LogP) is 4.59. The van der Waals surface area contributed by atoms with Gasteiger partial charge in [-0.15, -0.1) is 0 Å². The average molecular weight is 361 g/mol. The third-order valence-corrected chi connectivity index (χ3v) is 4.15. The lowest BCUT2D eigenvalue weighted by Crippen LogP contribution is -2.31. The van der Waals surface area contributed by atoms with Gasteiger partial charge >= 0.3 is 6.03 Å². The second-order valence-corrected chi connectivity index (χ2v) is 6.21. The third-order valence-electron chi connectivity index (χ3n) is 4.15. The largest absolute Gasteiger partial charge is 0.493 e. The number of nitrogens with zero attached hydrogens (tertiary/aromatic N) is 1. The van der Waals surface area contributed by atoms with Gasteiger partial charge in [0.25, 0.3) is 0 Å². The molecule has 0 bridgehead atoms. The van der Waals surface area contributed by atoms with Gasteiger partial charge in [-0.2, -0.15) is 0 Å². The highest BCUT2D eigenvalue weighted by molar-refractivity contribution is 5.89. The maximum absolute atomic E-state index is 12.2. The molecule has 1 heterocycles. The van der Waals surface area contributed by atoms with E-state index in [1.165, 1.54) is 5.56 Å². The molecule has 1 aromatic heterocycles. The van der Waals surface area contributed by atoms with E-state index in [1.807, 2.05) is 61.5 Å². The summed E-state index contributed by atoms with van der Waals surface area (Å²) in [7, 11) is 0. The first-order valence-electron chi connectivity index (χ1n) is 8.95. The van der Waals surface area contributed by atoms with Crippen LogP contribution in [-0.4, -0.2) is 17.6 Å². The van der Waals surface area contributed by atoms with Crippen LogP contribution in [-0.2, 0) is 6.42 Å². The average Bonchev–Trinajstić information content (AvgIpc) is 2.70. The van der Waals surface area contributed by atoms with E-state index in [9.17, 15) is 4.79 Å². The third kappa shape index (κ3) is 5.85. The van der Waals surface area contributed by atoms with Crippen LogP contribution in [0.4, 0.5) is 10.5 Å². The fourth-order valence-electron chi connectivity index (χ4n) is 2.69. The number of pyridine rings is 1. The van der Waals surface area contributed by atoms with Crippen molar-refractivity contribution in [1.29, 1.82) is 0 Å². The van der Waals surface area contributed by atoms with Crippen LogP contribution >= 0.6 is 0 Å². The van der Waals surface area contributed by atoms with E-state index in [4.69, 9.17) is 4.74 Å². The van der Waals surface area contributed by atoms with Crippen LogP contribution in [0, 0.1) is 0 Å². The Kier molecular flexibility index (Phi) is 6.41. The Morgan fingerprint density at radius 2 is 1.81 bits per heavy atom. The molecule has 0 aliphatic rings. The molecule has 0 saturated carbocycles. The van der Waals surface area contributed by atoms with Crippen molar-refractivity contribution in [3.05, 3.63) is 90.3 Å². The predicted molar refractivity (Wildman–Crippen MR) is 107 cm³/mol. The topological polar surface area (TPSA) is 63.2 Å². The molecule has 0 aliphatic carbocycles. The lowest BCUT2D eigenvalue weighted by atomic mass is 10.1. The van der Waals surface area contributed by atoms with Gasteiger partial charge in [0, 0.05) is 30.6 Å². The summed E-state index contributed by atoms with van der Waals surface area (Å²) < 4.78 is 5.80. The van der Waals surface area contributed by atoms with Crippen LogP contribution in [0.1, 0.15) is 24.1 Å². The molecule has 0 spiro atoms. The van der Waals surface area contributed by atoms with Crippen molar-refractivity contribution in [3.8, 4) is 5.75 Å². The number of carbonyl (C=O) groups is 1. The standard InChI is InChI=1S/C22H23N3O2/c1-17(19-10-13-23-14-11-19)24-22(26)25-20-8-5-9-21(16-20)27-15-12-18-6-3-2-4-7-18/h2-11,13-14,16-17H,12,15H2,1H3,(H2,24,25,26). The van der Waals surface area contributed by atoms with Crippen LogP contribution in [0.15, 0.2) is 79.1 Å². The molecule has 27 heavy (non-hydrogen) atoms. The molecule has 5 heteroatoms. The van der Waals surface area contributed by atoms with E-state index in [0.717, 1.165) is 17.7 Å². The fraction of sp³-hybridized carbons (Fsp3) is 0.182. The number of ether oxygens (including phenoxy) is 1. The van der Waals surface area contributed by atoms with Gasteiger partial charge in [-0.1, -0.05) is 36.4 Å². The highest BCUT2D eigenvalue weighted by Crippen LogP contribution is 2.18. The van der Waals surface area contributed by atoms with Gasteiger partial charge in [-0.25, -0.2) is 4.79 Å². The summed E-state index contributed by atoms with van der Waals surface area (Å²) >= 11 is 0. The van der Waals surface area contributed by atoms with Crippen LogP contribution in [0.5, 0.6) is 5.75 Å². The van der Waals surface area contributed by atoms with Crippen LogP contribution in [0.3, 0.4) is 0 Å². The molecular formula is C22H23N3O2. The summed E-state index contributed by atoms with van der Waals surface area (Å²) in [5, 5.41) is 5.76. The van der Waals surface area contributed by atoms with Gasteiger partial charge in [-0.05, 0) is 42.3 Å². The van der Waals surface area contributed by atoms with Gasteiger partial charge < -0.3 is 15.4 Å². The van der Waals surface area contributed by atoms with Crippen molar-refractivity contribution in [1.82, 2.24) is 10.3 Å². The number of urea groups is 1. The van der Waals surface area contributed by atoms with E-state index in [0.29, 0.717) is 12.3 Å². The van der Waals surface area contributed by atoms with Crippen molar-refractivity contribution in [2.45, 2.75) is 19.4 Å². The first-order valence-corrected chi connectivity index (χ1v) is 8.95. The highest BCUT2D eigenvalue weighted by atomic mass is 16.5. The van der Waals surface area contributed by atoms with Crippen LogP contribution in [0.25, 0.3) is 0 Å². The number of anilines is 1. The Balaban J connectivity index is 1.50. The van der Waals surface area contributed by atoms with Crippen molar-refractivity contribution in [2.75, 3.05) is 11.9 Å². The summed E-state index contributed by atoms with van der Waals surface area (Å²) in [5.41, 5.74) is 2.92. The smallest absolute Gasteiger partial charge is 0.319 e. The Hall–Kier alpha value is -3.34. The lowest BCUT2D eigenvalue weighted by Gasteiger charge is -2.15. The molecule has 2 aromatic carbocycles. The second kappa shape index (κ2) is 9.38. The summed E-state index contributed by atoms with van der Waals surface area (Å²) in [6, 6.07) is 21.0. The van der Waals surface area contributed by atoms with Crippen LogP contribution in [0.2, 0.25) is 0 Å². The van der Waals surface area contributed by atoms with Crippen LogP contribution < -0.4 is 15.4 Å². The number of rotatable bonds is 7. The van der Waals surface area contributed by atoms with Crippen molar-refractivity contribution in [3.63, 3.8) is 0 Å². The quantitative estimate of drug-likeness (QED) is 0.647. The van der Waals surface area contributed by atoms with Crippen molar-refractivity contribution < 1.29 is 9.53 Å². The van der Waals surface area contributed by atoms with Gasteiger partial charge in [-0.3, -0.25) is 4.98 Å². The van der Waals surface area contributed by atoms with Gasteiger partial charge in [0.15, 0.2) is 0 Å². The zero-order valence-electron chi connectivity index (χ0n) is 15.3. The molecule has 1 unspecified atom stereocenters. The van der Waals surface area contributed by atoms with E-state index in [2.05, 4.69) is 27.8 Å². The number of aromatic nitrogens is 1. The summed E-state index contributed by atoms with van der Waals surface area (Å²) in [5.74, 6) is 0.728. The normalized spacial score (nSPS) is 11.4. The summed E-state index contributed by atoms with van der Waals surface area (Å²) in [6.07, 6.45) is 4.26. The Labute approximate surface area is 159 Å². The first-order chi connectivity index (χ1) is 13.2. The molecule has 0 fully saturated rings. The number of benzene rings is 2. The Morgan fingerprint density at radius 1 is 1.04 bits per heavy atom.